The van der Waals surface area contributed by atoms with Crippen LogP contribution in [0.4, 0.5) is 5.13 Å². The second kappa shape index (κ2) is 7.51. The van der Waals surface area contributed by atoms with E-state index in [1.54, 1.807) is 0 Å². The molecule has 2 saturated heterocycles. The van der Waals surface area contributed by atoms with Gasteiger partial charge in [-0.3, -0.25) is 4.79 Å². The number of hydrogen-bond donors (Lipinski definition) is 2. The van der Waals surface area contributed by atoms with Crippen molar-refractivity contribution in [3.05, 3.63) is 5.01 Å². The van der Waals surface area contributed by atoms with Crippen molar-refractivity contribution >= 4 is 22.4 Å². The van der Waals surface area contributed by atoms with Crippen LogP contribution in [0.1, 0.15) is 63.3 Å². The summed E-state index contributed by atoms with van der Waals surface area (Å²) < 4.78 is 0. The van der Waals surface area contributed by atoms with E-state index in [2.05, 4.69) is 27.8 Å². The van der Waals surface area contributed by atoms with Crippen LogP contribution in [-0.2, 0) is 11.2 Å². The zero-order valence-corrected chi connectivity index (χ0v) is 14.1. The van der Waals surface area contributed by atoms with Crippen LogP contribution in [0.5, 0.6) is 0 Å². The number of aromatic nitrogens is 2. The van der Waals surface area contributed by atoms with E-state index in [1.165, 1.54) is 37.0 Å². The molecule has 2 bridgehead atoms. The van der Waals surface area contributed by atoms with Gasteiger partial charge in [0.05, 0.1) is 0 Å². The monoisotopic (exact) mass is 322 g/mol. The minimum atomic E-state index is 0.0996. The van der Waals surface area contributed by atoms with E-state index >= 15 is 0 Å². The summed E-state index contributed by atoms with van der Waals surface area (Å²) in [7, 11) is 0. The maximum atomic E-state index is 12.2. The van der Waals surface area contributed by atoms with Crippen molar-refractivity contribution in [2.75, 3.05) is 5.32 Å². The third-order valence-electron chi connectivity index (χ3n) is 4.75. The lowest BCUT2D eigenvalue weighted by Gasteiger charge is -2.28. The predicted molar refractivity (Wildman–Crippen MR) is 89.1 cm³/mol. The van der Waals surface area contributed by atoms with Crippen molar-refractivity contribution in [1.29, 1.82) is 0 Å². The Kier molecular flexibility index (Phi) is 5.41. The summed E-state index contributed by atoms with van der Waals surface area (Å²) in [6.45, 7) is 2.19. The van der Waals surface area contributed by atoms with E-state index in [0.29, 0.717) is 29.6 Å². The van der Waals surface area contributed by atoms with Gasteiger partial charge in [0.15, 0.2) is 0 Å². The van der Waals surface area contributed by atoms with Crippen LogP contribution in [0.15, 0.2) is 0 Å². The van der Waals surface area contributed by atoms with Gasteiger partial charge >= 0.3 is 0 Å². The van der Waals surface area contributed by atoms with E-state index < -0.39 is 0 Å². The van der Waals surface area contributed by atoms with Crippen molar-refractivity contribution < 1.29 is 4.79 Å². The quantitative estimate of drug-likeness (QED) is 0.757. The third-order valence-corrected chi connectivity index (χ3v) is 5.65. The lowest BCUT2D eigenvalue weighted by atomic mass is 9.89. The molecule has 6 heteroatoms. The van der Waals surface area contributed by atoms with E-state index in [4.69, 9.17) is 0 Å². The SMILES string of the molecule is CCCCCc1nnc(NC(=O)CC2CC3CCC(C2)N3)s1. The minimum absolute atomic E-state index is 0.0996. The van der Waals surface area contributed by atoms with Crippen LogP contribution in [0.2, 0.25) is 0 Å². The molecule has 2 aliphatic heterocycles. The summed E-state index contributed by atoms with van der Waals surface area (Å²) in [5.74, 6) is 0.623. The fraction of sp³-hybridized carbons (Fsp3) is 0.812. The Labute approximate surface area is 136 Å². The van der Waals surface area contributed by atoms with Gasteiger partial charge in [-0.15, -0.1) is 10.2 Å². The first-order valence-corrected chi connectivity index (χ1v) is 9.43. The van der Waals surface area contributed by atoms with Gasteiger partial charge in [0.1, 0.15) is 5.01 Å². The topological polar surface area (TPSA) is 66.9 Å². The van der Waals surface area contributed by atoms with Gasteiger partial charge in [-0.2, -0.15) is 0 Å². The number of piperidine rings is 1. The second-order valence-corrected chi connectivity index (χ2v) is 7.75. The highest BCUT2D eigenvalue weighted by atomic mass is 32.1. The molecule has 2 atom stereocenters. The number of rotatable bonds is 7. The average Bonchev–Trinajstić information content (AvgIpc) is 3.06. The second-order valence-electron chi connectivity index (χ2n) is 6.69. The van der Waals surface area contributed by atoms with Gasteiger partial charge in [-0.25, -0.2) is 0 Å². The van der Waals surface area contributed by atoms with Crippen LogP contribution in [0.25, 0.3) is 0 Å². The summed E-state index contributed by atoms with van der Waals surface area (Å²) in [5.41, 5.74) is 0. The Bertz CT molecular complexity index is 492. The number of hydrogen-bond acceptors (Lipinski definition) is 5. The molecule has 2 N–H and O–H groups in total. The highest BCUT2D eigenvalue weighted by Gasteiger charge is 2.34. The molecule has 3 heterocycles. The van der Waals surface area contributed by atoms with Crippen LogP contribution < -0.4 is 10.6 Å². The molecule has 1 aromatic rings. The Hall–Kier alpha value is -1.01. The number of nitrogens with one attached hydrogen (secondary N) is 2. The number of nitrogens with zero attached hydrogens (tertiary/aromatic N) is 2. The Morgan fingerprint density at radius 1 is 1.27 bits per heavy atom. The summed E-state index contributed by atoms with van der Waals surface area (Å²) >= 11 is 1.52. The number of unbranched alkanes of at least 4 members (excludes halogenated alkanes) is 2. The van der Waals surface area contributed by atoms with Crippen molar-refractivity contribution in [2.45, 2.75) is 76.8 Å². The first-order valence-electron chi connectivity index (χ1n) is 8.61. The number of anilines is 1. The van der Waals surface area contributed by atoms with Gasteiger partial charge in [0.25, 0.3) is 0 Å². The summed E-state index contributed by atoms with van der Waals surface area (Å²) in [6.07, 6.45) is 10.0. The molecule has 0 aliphatic carbocycles. The smallest absolute Gasteiger partial charge is 0.226 e. The first kappa shape index (κ1) is 15.9. The molecule has 0 saturated carbocycles. The molecular weight excluding hydrogens is 296 g/mol. The Morgan fingerprint density at radius 3 is 2.77 bits per heavy atom. The van der Waals surface area contributed by atoms with Crippen LogP contribution in [0.3, 0.4) is 0 Å². The first-order chi connectivity index (χ1) is 10.7. The lowest BCUT2D eigenvalue weighted by Crippen LogP contribution is -2.39. The average molecular weight is 322 g/mol. The molecule has 22 heavy (non-hydrogen) atoms. The molecule has 3 rings (SSSR count). The Balaban J connectivity index is 1.43. The Morgan fingerprint density at radius 2 is 2.05 bits per heavy atom. The number of carbonyl (C=O) groups is 1. The number of aryl methyl sites for hydroxylation is 1. The normalized spacial score (nSPS) is 27.0. The number of carbonyl (C=O) groups excluding carboxylic acids is 1. The molecule has 2 unspecified atom stereocenters. The molecular formula is C16H26N4OS. The van der Waals surface area contributed by atoms with Gasteiger partial charge < -0.3 is 10.6 Å². The summed E-state index contributed by atoms with van der Waals surface area (Å²) in [4.78, 5) is 12.2. The van der Waals surface area contributed by atoms with Crippen LogP contribution in [0, 0.1) is 5.92 Å². The molecule has 2 fully saturated rings. The van der Waals surface area contributed by atoms with E-state index in [9.17, 15) is 4.79 Å². The molecule has 122 valence electrons. The molecule has 0 radical (unpaired) electrons. The van der Waals surface area contributed by atoms with Crippen LogP contribution in [-0.4, -0.2) is 28.2 Å². The maximum Gasteiger partial charge on any atom is 0.226 e. The third kappa shape index (κ3) is 4.26. The van der Waals surface area contributed by atoms with Crippen LogP contribution >= 0.6 is 11.3 Å². The highest BCUT2D eigenvalue weighted by molar-refractivity contribution is 7.15. The van der Waals surface area contributed by atoms with Crippen molar-refractivity contribution in [3.8, 4) is 0 Å². The van der Waals surface area contributed by atoms with Crippen molar-refractivity contribution in [1.82, 2.24) is 15.5 Å². The summed E-state index contributed by atoms with van der Waals surface area (Å²) in [6, 6.07) is 1.28. The molecule has 0 aromatic carbocycles. The van der Waals surface area contributed by atoms with Gasteiger partial charge in [-0.1, -0.05) is 31.1 Å². The highest BCUT2D eigenvalue weighted by Crippen LogP contribution is 2.32. The van der Waals surface area contributed by atoms with Gasteiger partial charge in [0.2, 0.25) is 11.0 Å². The van der Waals surface area contributed by atoms with Gasteiger partial charge in [-0.05, 0) is 38.0 Å². The molecule has 1 aromatic heterocycles. The predicted octanol–water partition coefficient (Wildman–Crippen LogP) is 3.13. The molecule has 2 aliphatic rings. The fourth-order valence-corrected chi connectivity index (χ4v) is 4.50. The van der Waals surface area contributed by atoms with Crippen molar-refractivity contribution in [3.63, 3.8) is 0 Å². The molecule has 1 amide bonds. The molecule has 0 spiro atoms. The van der Waals surface area contributed by atoms with E-state index in [-0.39, 0.29) is 5.91 Å². The van der Waals surface area contributed by atoms with Gasteiger partial charge in [0, 0.05) is 24.9 Å². The number of fused-ring (bicyclic) bond motifs is 2. The fourth-order valence-electron chi connectivity index (χ4n) is 3.71. The molecule has 5 nitrogen and oxygen atoms in total. The standard InChI is InChI=1S/C16H26N4OS/c1-2-3-4-5-15-19-20-16(22-15)18-14(21)10-11-8-12-6-7-13(9-11)17-12/h11-13,17H,2-10H2,1H3,(H,18,20,21). The van der Waals surface area contributed by atoms with Crippen molar-refractivity contribution in [2.24, 2.45) is 5.92 Å². The summed E-state index contributed by atoms with van der Waals surface area (Å²) in [5, 5.41) is 16.5. The maximum absolute atomic E-state index is 12.2. The zero-order valence-electron chi connectivity index (χ0n) is 13.3. The largest absolute Gasteiger partial charge is 0.311 e. The van der Waals surface area contributed by atoms with E-state index in [0.717, 1.165) is 30.7 Å². The van der Waals surface area contributed by atoms with E-state index in [1.807, 2.05) is 0 Å². The minimum Gasteiger partial charge on any atom is -0.311 e. The lowest BCUT2D eigenvalue weighted by molar-refractivity contribution is -0.117. The number of amides is 1. The zero-order chi connectivity index (χ0) is 15.4.